The highest BCUT2D eigenvalue weighted by atomic mass is 16.5. The average Bonchev–Trinajstić information content (AvgIpc) is 2.75. The molecule has 0 fully saturated rings. The van der Waals surface area contributed by atoms with E-state index in [-0.39, 0.29) is 25.5 Å². The number of hydrogen-bond acceptors (Lipinski definition) is 4. The number of hydrogen-bond donors (Lipinski definition) is 3. The van der Waals surface area contributed by atoms with Gasteiger partial charge in [0.2, 0.25) is 11.8 Å². The standard InChI is InChI=1S/C22H27N3O4/c1-2-13-23-20(26)15-24-21(27)19(14-17-9-5-3-6-10-17)25-22(28)29-16-18-11-7-4-8-12-18/h3-12,19H,2,13-16H2,1H3,(H,23,26)(H,24,27)(H,25,28)/t19-/m0/s1. The van der Waals surface area contributed by atoms with Crippen LogP contribution < -0.4 is 16.0 Å². The second-order valence-electron chi connectivity index (χ2n) is 6.52. The van der Waals surface area contributed by atoms with Gasteiger partial charge in [-0.05, 0) is 17.5 Å². The monoisotopic (exact) mass is 397 g/mol. The third kappa shape index (κ3) is 8.47. The normalized spacial score (nSPS) is 11.2. The van der Waals surface area contributed by atoms with Gasteiger partial charge in [-0.25, -0.2) is 4.79 Å². The van der Waals surface area contributed by atoms with Crippen LogP contribution in [0.25, 0.3) is 0 Å². The van der Waals surface area contributed by atoms with Gasteiger partial charge in [-0.15, -0.1) is 0 Å². The molecule has 2 rings (SSSR count). The minimum Gasteiger partial charge on any atom is -0.445 e. The summed E-state index contributed by atoms with van der Waals surface area (Å²) in [7, 11) is 0. The lowest BCUT2D eigenvalue weighted by molar-refractivity contribution is -0.127. The number of ether oxygens (including phenoxy) is 1. The predicted octanol–water partition coefficient (Wildman–Crippen LogP) is 2.17. The quantitative estimate of drug-likeness (QED) is 0.572. The van der Waals surface area contributed by atoms with Crippen molar-refractivity contribution < 1.29 is 19.1 Å². The lowest BCUT2D eigenvalue weighted by atomic mass is 10.1. The third-order valence-corrected chi connectivity index (χ3v) is 4.10. The first-order valence-electron chi connectivity index (χ1n) is 9.64. The fourth-order valence-corrected chi connectivity index (χ4v) is 2.58. The average molecular weight is 397 g/mol. The van der Waals surface area contributed by atoms with E-state index in [0.29, 0.717) is 6.54 Å². The first-order valence-corrected chi connectivity index (χ1v) is 9.64. The van der Waals surface area contributed by atoms with E-state index in [2.05, 4.69) is 16.0 Å². The molecule has 0 aromatic heterocycles. The lowest BCUT2D eigenvalue weighted by Gasteiger charge is -2.18. The summed E-state index contributed by atoms with van der Waals surface area (Å²) in [6.45, 7) is 2.45. The van der Waals surface area contributed by atoms with Crippen LogP contribution in [0.5, 0.6) is 0 Å². The van der Waals surface area contributed by atoms with Gasteiger partial charge in [-0.2, -0.15) is 0 Å². The van der Waals surface area contributed by atoms with Crippen LogP contribution in [-0.4, -0.2) is 37.0 Å². The molecule has 2 aromatic rings. The largest absolute Gasteiger partial charge is 0.445 e. The smallest absolute Gasteiger partial charge is 0.408 e. The van der Waals surface area contributed by atoms with Crippen LogP contribution in [0.2, 0.25) is 0 Å². The minimum atomic E-state index is -0.861. The summed E-state index contributed by atoms with van der Waals surface area (Å²) in [4.78, 5) is 36.5. The van der Waals surface area contributed by atoms with Gasteiger partial charge >= 0.3 is 6.09 Å². The van der Waals surface area contributed by atoms with Gasteiger partial charge < -0.3 is 20.7 Å². The Balaban J connectivity index is 1.93. The molecule has 2 aromatic carbocycles. The molecule has 7 nitrogen and oxygen atoms in total. The van der Waals surface area contributed by atoms with E-state index in [0.717, 1.165) is 17.5 Å². The molecule has 29 heavy (non-hydrogen) atoms. The Morgan fingerprint density at radius 2 is 1.52 bits per heavy atom. The van der Waals surface area contributed by atoms with Gasteiger partial charge in [0.1, 0.15) is 12.6 Å². The summed E-state index contributed by atoms with van der Waals surface area (Å²) < 4.78 is 5.22. The summed E-state index contributed by atoms with van der Waals surface area (Å²) >= 11 is 0. The topological polar surface area (TPSA) is 96.5 Å². The maximum absolute atomic E-state index is 12.6. The Labute approximate surface area is 170 Å². The molecule has 0 aliphatic carbocycles. The van der Waals surface area contributed by atoms with Crippen molar-refractivity contribution in [2.75, 3.05) is 13.1 Å². The van der Waals surface area contributed by atoms with Crippen LogP contribution in [0.3, 0.4) is 0 Å². The van der Waals surface area contributed by atoms with E-state index in [1.165, 1.54) is 0 Å². The van der Waals surface area contributed by atoms with Crippen molar-refractivity contribution in [3.8, 4) is 0 Å². The van der Waals surface area contributed by atoms with Crippen molar-refractivity contribution in [1.82, 2.24) is 16.0 Å². The number of alkyl carbamates (subject to hydrolysis) is 1. The molecule has 0 saturated heterocycles. The molecule has 154 valence electrons. The second kappa shape index (κ2) is 12.2. The highest BCUT2D eigenvalue weighted by Crippen LogP contribution is 2.05. The summed E-state index contributed by atoms with van der Waals surface area (Å²) in [5.41, 5.74) is 1.73. The Bertz CT molecular complexity index is 781. The van der Waals surface area contributed by atoms with Crippen LogP contribution in [-0.2, 0) is 27.4 Å². The molecule has 0 spiro atoms. The number of nitrogens with one attached hydrogen (secondary N) is 3. The van der Waals surface area contributed by atoms with Crippen molar-refractivity contribution in [3.05, 3.63) is 71.8 Å². The van der Waals surface area contributed by atoms with E-state index >= 15 is 0 Å². The predicted molar refractivity (Wildman–Crippen MR) is 110 cm³/mol. The van der Waals surface area contributed by atoms with Crippen LogP contribution in [0.15, 0.2) is 60.7 Å². The van der Waals surface area contributed by atoms with Crippen molar-refractivity contribution in [3.63, 3.8) is 0 Å². The van der Waals surface area contributed by atoms with E-state index in [1.54, 1.807) is 0 Å². The van der Waals surface area contributed by atoms with Crippen molar-refractivity contribution in [2.24, 2.45) is 0 Å². The Morgan fingerprint density at radius 1 is 0.897 bits per heavy atom. The molecule has 3 N–H and O–H groups in total. The maximum atomic E-state index is 12.6. The molecular formula is C22H27N3O4. The summed E-state index contributed by atoms with van der Waals surface area (Å²) in [5.74, 6) is -0.720. The molecular weight excluding hydrogens is 370 g/mol. The SMILES string of the molecule is CCCNC(=O)CNC(=O)[C@H](Cc1ccccc1)NC(=O)OCc1ccccc1. The van der Waals surface area contributed by atoms with E-state index in [4.69, 9.17) is 4.74 Å². The molecule has 0 heterocycles. The molecule has 0 aliphatic rings. The first kappa shape index (κ1) is 21.9. The maximum Gasteiger partial charge on any atom is 0.408 e. The second-order valence-corrected chi connectivity index (χ2v) is 6.52. The molecule has 0 bridgehead atoms. The lowest BCUT2D eigenvalue weighted by Crippen LogP contribution is -2.50. The van der Waals surface area contributed by atoms with Gasteiger partial charge in [0.05, 0.1) is 6.54 Å². The zero-order valence-electron chi connectivity index (χ0n) is 16.5. The van der Waals surface area contributed by atoms with Gasteiger partial charge in [0.15, 0.2) is 0 Å². The van der Waals surface area contributed by atoms with Gasteiger partial charge in [0.25, 0.3) is 0 Å². The van der Waals surface area contributed by atoms with Crippen LogP contribution >= 0.6 is 0 Å². The molecule has 0 unspecified atom stereocenters. The van der Waals surface area contributed by atoms with E-state index in [9.17, 15) is 14.4 Å². The van der Waals surface area contributed by atoms with Crippen molar-refractivity contribution in [2.45, 2.75) is 32.4 Å². The van der Waals surface area contributed by atoms with Crippen LogP contribution in [0.1, 0.15) is 24.5 Å². The van der Waals surface area contributed by atoms with E-state index in [1.807, 2.05) is 67.6 Å². The summed E-state index contributed by atoms with van der Waals surface area (Å²) in [6, 6.07) is 17.7. The number of rotatable bonds is 10. The van der Waals surface area contributed by atoms with Gasteiger partial charge in [-0.3, -0.25) is 9.59 Å². The summed E-state index contributed by atoms with van der Waals surface area (Å²) in [6.07, 6.45) is 0.398. The Morgan fingerprint density at radius 3 is 2.14 bits per heavy atom. The molecule has 7 heteroatoms. The fourth-order valence-electron chi connectivity index (χ4n) is 2.58. The zero-order valence-corrected chi connectivity index (χ0v) is 16.5. The van der Waals surface area contributed by atoms with Gasteiger partial charge in [0, 0.05) is 13.0 Å². The van der Waals surface area contributed by atoms with Crippen molar-refractivity contribution >= 4 is 17.9 Å². The highest BCUT2D eigenvalue weighted by Gasteiger charge is 2.22. The minimum absolute atomic E-state index is 0.103. The molecule has 0 radical (unpaired) electrons. The van der Waals surface area contributed by atoms with E-state index < -0.39 is 18.0 Å². The number of amides is 3. The molecule has 1 atom stereocenters. The molecule has 3 amide bonds. The first-order chi connectivity index (χ1) is 14.1. The molecule has 0 aliphatic heterocycles. The van der Waals surface area contributed by atoms with Gasteiger partial charge in [-0.1, -0.05) is 67.6 Å². The third-order valence-electron chi connectivity index (χ3n) is 4.10. The fraction of sp³-hybridized carbons (Fsp3) is 0.318. The van der Waals surface area contributed by atoms with Crippen LogP contribution in [0, 0.1) is 0 Å². The summed E-state index contributed by atoms with van der Waals surface area (Å²) in [5, 5.41) is 7.86. The van der Waals surface area contributed by atoms with Crippen LogP contribution in [0.4, 0.5) is 4.79 Å². The van der Waals surface area contributed by atoms with Crippen molar-refractivity contribution in [1.29, 1.82) is 0 Å². The Kier molecular flexibility index (Phi) is 9.21. The molecule has 0 saturated carbocycles. The Hall–Kier alpha value is -3.35. The number of carbonyl (C=O) groups excluding carboxylic acids is 3. The number of benzene rings is 2. The zero-order chi connectivity index (χ0) is 20.9. The highest BCUT2D eigenvalue weighted by molar-refractivity contribution is 5.89. The number of carbonyl (C=O) groups is 3.